The average Bonchev–Trinajstić information content (AvgIpc) is 2.87. The quantitative estimate of drug-likeness (QED) is 0.810. The Morgan fingerprint density at radius 1 is 1.20 bits per heavy atom. The molecular formula is C15H22N4O. The second-order valence-corrected chi connectivity index (χ2v) is 5.64. The minimum absolute atomic E-state index is 0.492. The minimum atomic E-state index is 0.492. The van der Waals surface area contributed by atoms with Gasteiger partial charge in [-0.05, 0) is 38.4 Å². The van der Waals surface area contributed by atoms with Gasteiger partial charge in [-0.3, -0.25) is 9.88 Å². The normalized spacial score (nSPS) is 13.1. The summed E-state index contributed by atoms with van der Waals surface area (Å²) in [6, 6.07) is 4.24. The zero-order valence-corrected chi connectivity index (χ0v) is 12.6. The van der Waals surface area contributed by atoms with Gasteiger partial charge in [0.2, 0.25) is 11.7 Å². The van der Waals surface area contributed by atoms with Crippen molar-refractivity contribution in [3.63, 3.8) is 0 Å². The summed E-state index contributed by atoms with van der Waals surface area (Å²) in [5.41, 5.74) is 0.924. The van der Waals surface area contributed by atoms with E-state index in [4.69, 9.17) is 4.52 Å². The molecule has 0 N–H and O–H groups in total. The summed E-state index contributed by atoms with van der Waals surface area (Å²) in [6.45, 7) is 7.36. The van der Waals surface area contributed by atoms with E-state index in [9.17, 15) is 0 Å². The van der Waals surface area contributed by atoms with E-state index in [-0.39, 0.29) is 0 Å². The van der Waals surface area contributed by atoms with Crippen molar-refractivity contribution in [2.24, 2.45) is 5.92 Å². The molecule has 0 amide bonds. The zero-order valence-electron chi connectivity index (χ0n) is 12.6. The highest BCUT2D eigenvalue weighted by atomic mass is 16.5. The van der Waals surface area contributed by atoms with Crippen LogP contribution in [0.5, 0.6) is 0 Å². The molecule has 0 spiro atoms. The van der Waals surface area contributed by atoms with Gasteiger partial charge in [0.25, 0.3) is 0 Å². The van der Waals surface area contributed by atoms with Crippen LogP contribution >= 0.6 is 0 Å². The Hall–Kier alpha value is -1.75. The van der Waals surface area contributed by atoms with Crippen LogP contribution in [0, 0.1) is 5.92 Å². The minimum Gasteiger partial charge on any atom is -0.338 e. The molecule has 0 aliphatic carbocycles. The fourth-order valence-corrected chi connectivity index (χ4v) is 2.17. The van der Waals surface area contributed by atoms with Crippen molar-refractivity contribution in [3.05, 3.63) is 30.4 Å². The molecule has 0 aromatic carbocycles. The number of rotatable bonds is 6. The van der Waals surface area contributed by atoms with Gasteiger partial charge in [-0.15, -0.1) is 0 Å². The molecule has 0 aliphatic rings. The van der Waals surface area contributed by atoms with E-state index in [1.165, 1.54) is 0 Å². The lowest BCUT2D eigenvalue weighted by molar-refractivity contribution is 0.194. The highest BCUT2D eigenvalue weighted by molar-refractivity contribution is 5.52. The summed E-state index contributed by atoms with van der Waals surface area (Å²) in [5.74, 6) is 1.95. The SMILES string of the molecule is CC(C)C[C@H](C)N(C)Cc1nc(-c2ccncc2)no1. The standard InChI is InChI=1S/C15H22N4O/c1-11(2)9-12(3)19(4)10-14-17-15(18-20-14)13-5-7-16-8-6-13/h5-8,11-12H,9-10H2,1-4H3/t12-/m0/s1. The monoisotopic (exact) mass is 274 g/mol. The van der Waals surface area contributed by atoms with Gasteiger partial charge >= 0.3 is 0 Å². The molecule has 0 aliphatic heterocycles. The van der Waals surface area contributed by atoms with Crippen molar-refractivity contribution in [3.8, 4) is 11.4 Å². The van der Waals surface area contributed by atoms with E-state index >= 15 is 0 Å². The molecule has 0 fully saturated rings. The van der Waals surface area contributed by atoms with Crippen molar-refractivity contribution >= 4 is 0 Å². The van der Waals surface area contributed by atoms with Gasteiger partial charge in [-0.2, -0.15) is 4.98 Å². The van der Waals surface area contributed by atoms with Crippen LogP contribution in [-0.2, 0) is 6.54 Å². The molecule has 5 heteroatoms. The summed E-state index contributed by atoms with van der Waals surface area (Å²) < 4.78 is 5.32. The van der Waals surface area contributed by atoms with Crippen LogP contribution in [0.25, 0.3) is 11.4 Å². The number of aromatic nitrogens is 3. The third-order valence-corrected chi connectivity index (χ3v) is 3.36. The van der Waals surface area contributed by atoms with Gasteiger partial charge in [0.1, 0.15) is 0 Å². The molecule has 0 saturated heterocycles. The molecule has 2 heterocycles. The Bertz CT molecular complexity index is 524. The highest BCUT2D eigenvalue weighted by Crippen LogP contribution is 2.16. The van der Waals surface area contributed by atoms with E-state index in [1.807, 2.05) is 12.1 Å². The summed E-state index contributed by atoms with van der Waals surface area (Å²) in [4.78, 5) is 10.7. The lowest BCUT2D eigenvalue weighted by atomic mass is 10.0. The molecule has 0 saturated carbocycles. The molecule has 0 bridgehead atoms. The molecule has 2 aromatic rings. The summed E-state index contributed by atoms with van der Waals surface area (Å²) in [5, 5.41) is 4.02. The third kappa shape index (κ3) is 3.87. The molecule has 2 aromatic heterocycles. The molecule has 20 heavy (non-hydrogen) atoms. The van der Waals surface area contributed by atoms with Crippen LogP contribution in [0.3, 0.4) is 0 Å². The maximum absolute atomic E-state index is 5.32. The van der Waals surface area contributed by atoms with E-state index in [0.717, 1.165) is 12.0 Å². The summed E-state index contributed by atoms with van der Waals surface area (Å²) >= 11 is 0. The van der Waals surface area contributed by atoms with Crippen molar-refractivity contribution in [1.82, 2.24) is 20.0 Å². The lowest BCUT2D eigenvalue weighted by Gasteiger charge is -2.24. The zero-order chi connectivity index (χ0) is 14.5. The predicted octanol–water partition coefficient (Wildman–Crippen LogP) is 3.00. The third-order valence-electron chi connectivity index (χ3n) is 3.36. The van der Waals surface area contributed by atoms with Crippen molar-refractivity contribution in [2.75, 3.05) is 7.05 Å². The Kier molecular flexibility index (Phi) is 4.84. The van der Waals surface area contributed by atoms with Gasteiger partial charge in [0.15, 0.2) is 0 Å². The van der Waals surface area contributed by atoms with Crippen molar-refractivity contribution in [2.45, 2.75) is 39.8 Å². The maximum Gasteiger partial charge on any atom is 0.241 e. The largest absolute Gasteiger partial charge is 0.338 e. The first kappa shape index (κ1) is 14.7. The van der Waals surface area contributed by atoms with Crippen molar-refractivity contribution in [1.29, 1.82) is 0 Å². The smallest absolute Gasteiger partial charge is 0.241 e. The molecule has 1 atom stereocenters. The number of nitrogens with zero attached hydrogens (tertiary/aromatic N) is 4. The van der Waals surface area contributed by atoms with E-state index < -0.39 is 0 Å². The Morgan fingerprint density at radius 3 is 2.55 bits per heavy atom. The Morgan fingerprint density at radius 2 is 1.90 bits per heavy atom. The Balaban J connectivity index is 1.99. The molecular weight excluding hydrogens is 252 g/mol. The van der Waals surface area contributed by atoms with Crippen LogP contribution in [0.4, 0.5) is 0 Å². The fraction of sp³-hybridized carbons (Fsp3) is 0.533. The van der Waals surface area contributed by atoms with Crippen molar-refractivity contribution < 1.29 is 4.52 Å². The number of pyridine rings is 1. The Labute approximate surface area is 120 Å². The first-order valence-corrected chi connectivity index (χ1v) is 6.99. The summed E-state index contributed by atoms with van der Waals surface area (Å²) in [7, 11) is 2.09. The summed E-state index contributed by atoms with van der Waals surface area (Å²) in [6.07, 6.45) is 4.60. The van der Waals surface area contributed by atoms with Crippen LogP contribution in [0.1, 0.15) is 33.1 Å². The highest BCUT2D eigenvalue weighted by Gasteiger charge is 2.15. The first-order chi connectivity index (χ1) is 9.56. The molecule has 0 unspecified atom stereocenters. The van der Waals surface area contributed by atoms with Crippen LogP contribution in [0.2, 0.25) is 0 Å². The molecule has 2 rings (SSSR count). The molecule has 5 nitrogen and oxygen atoms in total. The molecule has 108 valence electrons. The predicted molar refractivity (Wildman–Crippen MR) is 77.9 cm³/mol. The first-order valence-electron chi connectivity index (χ1n) is 6.99. The maximum atomic E-state index is 5.32. The van der Waals surface area contributed by atoms with E-state index in [1.54, 1.807) is 12.4 Å². The topological polar surface area (TPSA) is 55.1 Å². The number of hydrogen-bond acceptors (Lipinski definition) is 5. The van der Waals surface area contributed by atoms with E-state index in [2.05, 4.69) is 47.8 Å². The van der Waals surface area contributed by atoms with Crippen LogP contribution < -0.4 is 0 Å². The van der Waals surface area contributed by atoms with Crippen LogP contribution in [0.15, 0.2) is 29.0 Å². The van der Waals surface area contributed by atoms with Gasteiger partial charge < -0.3 is 4.52 Å². The second kappa shape index (κ2) is 6.61. The van der Waals surface area contributed by atoms with Crippen LogP contribution in [-0.4, -0.2) is 33.1 Å². The lowest BCUT2D eigenvalue weighted by Crippen LogP contribution is -2.29. The number of hydrogen-bond donors (Lipinski definition) is 0. The van der Waals surface area contributed by atoms with E-state index in [0.29, 0.717) is 30.2 Å². The molecule has 0 radical (unpaired) electrons. The fourth-order valence-electron chi connectivity index (χ4n) is 2.17. The van der Waals surface area contributed by atoms with Gasteiger partial charge in [-0.25, -0.2) is 0 Å². The van der Waals surface area contributed by atoms with Gasteiger partial charge in [0, 0.05) is 24.0 Å². The average molecular weight is 274 g/mol. The van der Waals surface area contributed by atoms with Gasteiger partial charge in [0.05, 0.1) is 6.54 Å². The second-order valence-electron chi connectivity index (χ2n) is 5.64. The van der Waals surface area contributed by atoms with Gasteiger partial charge in [-0.1, -0.05) is 19.0 Å².